The average molecular weight is 822 g/mol. The summed E-state index contributed by atoms with van der Waals surface area (Å²) >= 11 is 0. The van der Waals surface area contributed by atoms with Gasteiger partial charge in [-0.05, 0) is 51.4 Å². The first kappa shape index (κ1) is 54.7. The third-order valence-corrected chi connectivity index (χ3v) is 10.3. The molecule has 0 saturated carbocycles. The molecule has 0 N–H and O–H groups in total. The zero-order chi connectivity index (χ0) is 42.1. The van der Waals surface area contributed by atoms with E-state index in [1.807, 2.05) is 27.2 Å². The van der Waals surface area contributed by atoms with Gasteiger partial charge < -0.3 is 27.9 Å². The Balaban J connectivity index is 4.44. The zero-order valence-corrected chi connectivity index (χ0v) is 37.9. The van der Waals surface area contributed by atoms with E-state index in [2.05, 4.69) is 68.5 Å². The minimum absolute atomic E-state index is 0.0428. The Labute approximate surface area is 349 Å². The number of phosphoric acid groups is 1. The third kappa shape index (κ3) is 43.1. The number of rotatable bonds is 40. The lowest BCUT2D eigenvalue weighted by molar-refractivity contribution is -0.870. The number of likely N-dealkylation sites (N-methyl/N-ethyl adjacent to an activating group) is 1. The fraction of sp³-hybridized carbons (Fsp3) is 0.745. The molecule has 0 rings (SSSR count). The van der Waals surface area contributed by atoms with Crippen molar-refractivity contribution in [2.24, 2.45) is 0 Å². The van der Waals surface area contributed by atoms with E-state index in [0.29, 0.717) is 23.9 Å². The van der Waals surface area contributed by atoms with Crippen LogP contribution in [0, 0.1) is 0 Å². The van der Waals surface area contributed by atoms with Crippen molar-refractivity contribution in [2.45, 2.75) is 180 Å². The predicted octanol–water partition coefficient (Wildman–Crippen LogP) is 12.2. The number of carbonyl (C=O) groups excluding carboxylic acids is 2. The molecule has 330 valence electrons. The molecule has 0 heterocycles. The maximum absolute atomic E-state index is 12.7. The number of unbranched alkanes of at least 4 members (excludes halogenated alkanes) is 16. The Morgan fingerprint density at radius 2 is 1.00 bits per heavy atom. The van der Waals surface area contributed by atoms with E-state index in [9.17, 15) is 19.0 Å². The fourth-order valence-corrected chi connectivity index (χ4v) is 6.54. The highest BCUT2D eigenvalue weighted by Crippen LogP contribution is 2.38. The van der Waals surface area contributed by atoms with Crippen LogP contribution in [-0.4, -0.2) is 70.0 Å². The molecule has 0 amide bonds. The average Bonchev–Trinajstić information content (AvgIpc) is 3.16. The normalized spacial score (nSPS) is 14.1. The van der Waals surface area contributed by atoms with Gasteiger partial charge in [-0.15, -0.1) is 0 Å². The number of hydrogen-bond donors (Lipinski definition) is 0. The van der Waals surface area contributed by atoms with Crippen LogP contribution >= 0.6 is 7.82 Å². The summed E-state index contributed by atoms with van der Waals surface area (Å²) in [5, 5.41) is 0. The summed E-state index contributed by atoms with van der Waals surface area (Å²) in [4.78, 5) is 37.5. The van der Waals surface area contributed by atoms with E-state index in [1.165, 1.54) is 83.5 Å². The predicted molar refractivity (Wildman–Crippen MR) is 236 cm³/mol. The van der Waals surface area contributed by atoms with Crippen LogP contribution < -0.4 is 4.89 Å². The molecule has 0 radical (unpaired) electrons. The van der Waals surface area contributed by atoms with Crippen LogP contribution in [0.4, 0.5) is 0 Å². The summed E-state index contributed by atoms with van der Waals surface area (Å²) in [6, 6.07) is 0. The van der Waals surface area contributed by atoms with E-state index in [-0.39, 0.29) is 26.1 Å². The van der Waals surface area contributed by atoms with Gasteiger partial charge in [0.05, 0.1) is 27.7 Å². The number of nitrogens with zero attached hydrogens (tertiary/aromatic N) is 1. The maximum Gasteiger partial charge on any atom is 0.306 e. The van der Waals surface area contributed by atoms with Gasteiger partial charge in [0.2, 0.25) is 0 Å². The van der Waals surface area contributed by atoms with Crippen LogP contribution in [0.3, 0.4) is 0 Å². The first-order valence-electron chi connectivity index (χ1n) is 22.5. The lowest BCUT2D eigenvalue weighted by atomic mass is 10.0. The van der Waals surface area contributed by atoms with Crippen molar-refractivity contribution >= 4 is 19.8 Å². The number of quaternary nitrogens is 1. The lowest BCUT2D eigenvalue weighted by Gasteiger charge is -2.28. The Kier molecular flexibility index (Phi) is 37.6. The van der Waals surface area contributed by atoms with Crippen molar-refractivity contribution < 1.29 is 42.1 Å². The molecule has 0 bridgehead atoms. The van der Waals surface area contributed by atoms with Gasteiger partial charge in [-0.25, -0.2) is 0 Å². The van der Waals surface area contributed by atoms with Gasteiger partial charge in [0.15, 0.2) is 6.10 Å². The molecular weight excluding hydrogens is 737 g/mol. The van der Waals surface area contributed by atoms with Gasteiger partial charge in [-0.3, -0.25) is 14.2 Å². The first-order valence-corrected chi connectivity index (χ1v) is 24.0. The highest BCUT2D eigenvalue weighted by molar-refractivity contribution is 7.45. The summed E-state index contributed by atoms with van der Waals surface area (Å²) in [7, 11) is 1.12. The van der Waals surface area contributed by atoms with Gasteiger partial charge >= 0.3 is 11.9 Å². The molecule has 0 aromatic rings. The summed E-state index contributed by atoms with van der Waals surface area (Å²) in [6.07, 6.45) is 46.8. The van der Waals surface area contributed by atoms with Crippen molar-refractivity contribution in [2.75, 3.05) is 47.5 Å². The minimum atomic E-state index is -4.64. The Bertz CT molecular complexity index is 1160. The number of allylic oxidation sites excluding steroid dienone is 10. The molecule has 0 saturated heterocycles. The molecule has 9 nitrogen and oxygen atoms in total. The van der Waals surface area contributed by atoms with Crippen molar-refractivity contribution in [3.63, 3.8) is 0 Å². The van der Waals surface area contributed by atoms with Crippen molar-refractivity contribution in [3.8, 4) is 0 Å². The van der Waals surface area contributed by atoms with Gasteiger partial charge in [-0.2, -0.15) is 0 Å². The molecule has 57 heavy (non-hydrogen) atoms. The number of phosphoric ester groups is 1. The Morgan fingerprint density at radius 1 is 0.561 bits per heavy atom. The summed E-state index contributed by atoms with van der Waals surface area (Å²) in [5.41, 5.74) is 0. The minimum Gasteiger partial charge on any atom is -0.756 e. The van der Waals surface area contributed by atoms with Crippen LogP contribution in [0.15, 0.2) is 60.8 Å². The van der Waals surface area contributed by atoms with Crippen LogP contribution in [-0.2, 0) is 32.7 Å². The van der Waals surface area contributed by atoms with Crippen LogP contribution in [0.2, 0.25) is 0 Å². The summed E-state index contributed by atoms with van der Waals surface area (Å²) in [6.45, 7) is 4.05. The second kappa shape index (κ2) is 39.2. The second-order valence-electron chi connectivity index (χ2n) is 16.0. The molecule has 0 spiro atoms. The van der Waals surface area contributed by atoms with Crippen LogP contribution in [0.25, 0.3) is 0 Å². The Morgan fingerprint density at radius 3 is 1.47 bits per heavy atom. The highest BCUT2D eigenvalue weighted by Gasteiger charge is 2.21. The molecule has 0 aromatic heterocycles. The van der Waals surface area contributed by atoms with Crippen LogP contribution in [0.5, 0.6) is 0 Å². The van der Waals surface area contributed by atoms with Crippen molar-refractivity contribution in [3.05, 3.63) is 60.8 Å². The molecule has 1 unspecified atom stereocenters. The van der Waals surface area contributed by atoms with E-state index >= 15 is 0 Å². The quantitative estimate of drug-likeness (QED) is 0.0197. The molecule has 0 aliphatic rings. The summed E-state index contributed by atoms with van der Waals surface area (Å²) < 4.78 is 33.8. The fourth-order valence-electron chi connectivity index (χ4n) is 5.81. The lowest BCUT2D eigenvalue weighted by Crippen LogP contribution is -2.37. The number of ether oxygens (including phenoxy) is 2. The number of carbonyl (C=O) groups is 2. The zero-order valence-electron chi connectivity index (χ0n) is 37.0. The second-order valence-corrected chi connectivity index (χ2v) is 17.4. The largest absolute Gasteiger partial charge is 0.756 e. The van der Waals surface area contributed by atoms with Gasteiger partial charge in [-0.1, -0.05) is 171 Å². The first-order chi connectivity index (χ1) is 27.5. The molecule has 0 fully saturated rings. The maximum atomic E-state index is 12.7. The monoisotopic (exact) mass is 822 g/mol. The molecule has 10 heteroatoms. The van der Waals surface area contributed by atoms with Crippen LogP contribution in [0.1, 0.15) is 174 Å². The molecule has 0 aliphatic heterocycles. The van der Waals surface area contributed by atoms with Gasteiger partial charge in [0.1, 0.15) is 19.8 Å². The van der Waals surface area contributed by atoms with E-state index in [1.54, 1.807) is 0 Å². The number of esters is 2. The van der Waals surface area contributed by atoms with Gasteiger partial charge in [0.25, 0.3) is 7.82 Å². The standard InChI is InChI=1S/C47H84NO8P/c1-6-8-10-12-14-16-18-20-22-24-26-28-30-32-34-36-38-40-47(50)56-45(44-55-57(51,52)54-42-41-48(3,4)5)43-53-46(49)39-37-35-33-31-29-27-25-23-21-19-17-15-13-11-9-7-2/h8,10,14,16,20,22,26,28,32,34,45H,6-7,9,11-13,15,17-19,21,23-25,27,29-31,33,35-44H2,1-5H3/b10-8-,16-14-,22-20-,28-26-,34-32-/t45-/m1/s1. The van der Waals surface area contributed by atoms with E-state index in [4.69, 9.17) is 18.5 Å². The Hall–Kier alpha value is -2.29. The third-order valence-electron chi connectivity index (χ3n) is 9.30. The molecule has 2 atom stereocenters. The topological polar surface area (TPSA) is 111 Å². The highest BCUT2D eigenvalue weighted by atomic mass is 31.2. The van der Waals surface area contributed by atoms with E-state index < -0.39 is 32.5 Å². The SMILES string of the molecule is CC/C=C\C/C=C\C/C=C\C/C=C\C/C=C\CCCC(=O)O[C@H](COC(=O)CCCCCCCCCCCCCCCCCC)COP(=O)([O-])OCC[N+](C)(C)C. The summed E-state index contributed by atoms with van der Waals surface area (Å²) in [5.74, 6) is -0.902. The van der Waals surface area contributed by atoms with Crippen molar-refractivity contribution in [1.29, 1.82) is 0 Å². The molecule has 0 aliphatic carbocycles. The number of hydrogen-bond acceptors (Lipinski definition) is 8. The van der Waals surface area contributed by atoms with Gasteiger partial charge in [0, 0.05) is 12.8 Å². The van der Waals surface area contributed by atoms with Crippen molar-refractivity contribution in [1.82, 2.24) is 0 Å². The van der Waals surface area contributed by atoms with E-state index in [0.717, 1.165) is 51.4 Å². The smallest absolute Gasteiger partial charge is 0.306 e. The molecular formula is C47H84NO8P. The molecule has 0 aromatic carbocycles.